The van der Waals surface area contributed by atoms with Gasteiger partial charge in [0.1, 0.15) is 6.61 Å². The molecule has 21 heavy (non-hydrogen) atoms. The first-order valence-corrected chi connectivity index (χ1v) is 7.93. The predicted molar refractivity (Wildman–Crippen MR) is 89.2 cm³/mol. The van der Waals surface area contributed by atoms with E-state index in [-0.39, 0.29) is 0 Å². The van der Waals surface area contributed by atoms with Crippen molar-refractivity contribution in [2.45, 2.75) is 45.6 Å². The van der Waals surface area contributed by atoms with Gasteiger partial charge in [0.2, 0.25) is 0 Å². The number of hydrogen-bond acceptors (Lipinski definition) is 3. The smallest absolute Gasteiger partial charge is 0.161 e. The summed E-state index contributed by atoms with van der Waals surface area (Å²) >= 11 is 0. The number of hydrogen-bond donors (Lipinski definition) is 1. The van der Waals surface area contributed by atoms with Crippen LogP contribution in [0.3, 0.4) is 0 Å². The lowest BCUT2D eigenvalue weighted by molar-refractivity contribution is 0.326. The molecule has 0 spiro atoms. The Morgan fingerprint density at radius 2 is 1.95 bits per heavy atom. The van der Waals surface area contributed by atoms with Gasteiger partial charge in [0.05, 0.1) is 7.11 Å². The molecule has 0 saturated carbocycles. The number of methoxy groups -OCH3 is 1. The van der Waals surface area contributed by atoms with Gasteiger partial charge < -0.3 is 14.8 Å². The third-order valence-corrected chi connectivity index (χ3v) is 3.37. The average Bonchev–Trinajstić information content (AvgIpc) is 2.52. The molecule has 1 aromatic rings. The Hall–Kier alpha value is -1.48. The summed E-state index contributed by atoms with van der Waals surface area (Å²) in [6.07, 6.45) is 8.29. The normalized spacial score (nSPS) is 10.4. The summed E-state index contributed by atoms with van der Waals surface area (Å²) in [5.74, 6) is 1.54. The van der Waals surface area contributed by atoms with E-state index in [1.54, 1.807) is 13.2 Å². The van der Waals surface area contributed by atoms with E-state index in [0.29, 0.717) is 6.61 Å². The zero-order valence-electron chi connectivity index (χ0n) is 13.5. The maximum atomic E-state index is 5.55. The van der Waals surface area contributed by atoms with Crippen LogP contribution in [0.4, 0.5) is 0 Å². The molecular weight excluding hydrogens is 262 g/mol. The highest BCUT2D eigenvalue weighted by Crippen LogP contribution is 2.28. The Morgan fingerprint density at radius 1 is 1.14 bits per heavy atom. The molecule has 0 amide bonds. The Balaban J connectivity index is 2.33. The van der Waals surface area contributed by atoms with E-state index in [9.17, 15) is 0 Å². The lowest BCUT2D eigenvalue weighted by atomic mass is 10.1. The molecule has 3 nitrogen and oxygen atoms in total. The molecular formula is C18H29NO2. The molecule has 0 heterocycles. The van der Waals surface area contributed by atoms with Crippen molar-refractivity contribution in [3.63, 3.8) is 0 Å². The second-order valence-corrected chi connectivity index (χ2v) is 5.18. The molecule has 0 bridgehead atoms. The summed E-state index contributed by atoms with van der Waals surface area (Å²) in [4.78, 5) is 0. The van der Waals surface area contributed by atoms with Gasteiger partial charge in [0.25, 0.3) is 0 Å². The van der Waals surface area contributed by atoms with Gasteiger partial charge in [-0.3, -0.25) is 0 Å². The van der Waals surface area contributed by atoms with Gasteiger partial charge in [-0.15, -0.1) is 0 Å². The molecule has 1 N–H and O–H groups in total. The summed E-state index contributed by atoms with van der Waals surface area (Å²) in [6.45, 7) is 8.32. The highest BCUT2D eigenvalue weighted by atomic mass is 16.5. The largest absolute Gasteiger partial charge is 0.493 e. The molecule has 0 aliphatic carbocycles. The van der Waals surface area contributed by atoms with Crippen LogP contribution in [-0.2, 0) is 6.54 Å². The van der Waals surface area contributed by atoms with Crippen LogP contribution in [-0.4, -0.2) is 20.3 Å². The molecule has 0 aliphatic rings. The number of ether oxygens (including phenoxy) is 2. The Morgan fingerprint density at radius 3 is 2.67 bits per heavy atom. The van der Waals surface area contributed by atoms with Gasteiger partial charge in [0, 0.05) is 6.54 Å². The highest BCUT2D eigenvalue weighted by molar-refractivity contribution is 5.43. The van der Waals surface area contributed by atoms with Crippen molar-refractivity contribution in [1.82, 2.24) is 5.32 Å². The first-order chi connectivity index (χ1) is 10.3. The van der Waals surface area contributed by atoms with Crippen LogP contribution in [0.25, 0.3) is 0 Å². The standard InChI is InChI=1S/C18H29NO2/c1-4-6-7-8-9-12-19-15-16-10-11-17(21-13-5-2)18(14-16)20-3/h5,10-11,14,19H,2,4,6-9,12-13,15H2,1,3H3. The quantitative estimate of drug-likeness (QED) is 0.459. The molecule has 1 aromatic carbocycles. The molecule has 0 aliphatic heterocycles. The monoisotopic (exact) mass is 291 g/mol. The van der Waals surface area contributed by atoms with Gasteiger partial charge in [-0.25, -0.2) is 0 Å². The molecule has 118 valence electrons. The van der Waals surface area contributed by atoms with Crippen molar-refractivity contribution in [3.05, 3.63) is 36.4 Å². The molecule has 0 radical (unpaired) electrons. The summed E-state index contributed by atoms with van der Waals surface area (Å²) in [6, 6.07) is 6.06. The molecule has 0 saturated heterocycles. The fourth-order valence-electron chi connectivity index (χ4n) is 2.18. The van der Waals surface area contributed by atoms with Gasteiger partial charge in [0.15, 0.2) is 11.5 Å². The van der Waals surface area contributed by atoms with Crippen LogP contribution >= 0.6 is 0 Å². The van der Waals surface area contributed by atoms with E-state index in [4.69, 9.17) is 9.47 Å². The summed E-state index contributed by atoms with van der Waals surface area (Å²) in [7, 11) is 1.67. The van der Waals surface area contributed by atoms with Crippen LogP contribution in [0.2, 0.25) is 0 Å². The van der Waals surface area contributed by atoms with Crippen LogP contribution in [0, 0.1) is 0 Å². The summed E-state index contributed by atoms with van der Waals surface area (Å²) < 4.78 is 10.9. The fraction of sp³-hybridized carbons (Fsp3) is 0.556. The first kappa shape index (κ1) is 17.6. The Kier molecular flexibility index (Phi) is 9.38. The van der Waals surface area contributed by atoms with Crippen molar-refractivity contribution in [2.75, 3.05) is 20.3 Å². The SMILES string of the molecule is C=CCOc1ccc(CNCCCCCCC)cc1OC. The Labute approximate surface area is 129 Å². The van der Waals surface area contributed by atoms with Crippen LogP contribution in [0.1, 0.15) is 44.6 Å². The number of unbranched alkanes of at least 4 members (excludes halogenated alkanes) is 4. The van der Waals surface area contributed by atoms with Crippen molar-refractivity contribution < 1.29 is 9.47 Å². The van der Waals surface area contributed by atoms with Crippen molar-refractivity contribution in [1.29, 1.82) is 0 Å². The number of rotatable bonds is 12. The van der Waals surface area contributed by atoms with E-state index >= 15 is 0 Å². The van der Waals surface area contributed by atoms with Crippen LogP contribution < -0.4 is 14.8 Å². The maximum Gasteiger partial charge on any atom is 0.161 e. The highest BCUT2D eigenvalue weighted by Gasteiger charge is 2.05. The van der Waals surface area contributed by atoms with Crippen LogP contribution in [0.15, 0.2) is 30.9 Å². The zero-order valence-corrected chi connectivity index (χ0v) is 13.5. The molecule has 0 fully saturated rings. The van der Waals surface area contributed by atoms with E-state index in [1.165, 1.54) is 37.7 Å². The minimum absolute atomic E-state index is 0.492. The second-order valence-electron chi connectivity index (χ2n) is 5.18. The lowest BCUT2D eigenvalue weighted by Gasteiger charge is -2.11. The van der Waals surface area contributed by atoms with Crippen molar-refractivity contribution >= 4 is 0 Å². The van der Waals surface area contributed by atoms with Crippen LogP contribution in [0.5, 0.6) is 11.5 Å². The third-order valence-electron chi connectivity index (χ3n) is 3.37. The predicted octanol–water partition coefficient (Wildman–Crippen LogP) is 4.32. The molecule has 1 rings (SSSR count). The zero-order chi connectivity index (χ0) is 15.3. The topological polar surface area (TPSA) is 30.5 Å². The Bertz CT molecular complexity index is 404. The average molecular weight is 291 g/mol. The van der Waals surface area contributed by atoms with E-state index < -0.39 is 0 Å². The molecule has 0 unspecified atom stereocenters. The van der Waals surface area contributed by atoms with Crippen molar-refractivity contribution in [3.8, 4) is 11.5 Å². The minimum Gasteiger partial charge on any atom is -0.493 e. The van der Waals surface area contributed by atoms with E-state index in [2.05, 4.69) is 24.9 Å². The van der Waals surface area contributed by atoms with E-state index in [0.717, 1.165) is 24.6 Å². The van der Waals surface area contributed by atoms with Gasteiger partial charge in [-0.05, 0) is 30.7 Å². The minimum atomic E-state index is 0.492. The number of nitrogens with one attached hydrogen (secondary N) is 1. The molecule has 0 atom stereocenters. The molecule has 3 heteroatoms. The maximum absolute atomic E-state index is 5.55. The fourth-order valence-corrected chi connectivity index (χ4v) is 2.18. The summed E-state index contributed by atoms with van der Waals surface area (Å²) in [5, 5.41) is 3.48. The van der Waals surface area contributed by atoms with Gasteiger partial charge in [-0.1, -0.05) is 51.3 Å². The van der Waals surface area contributed by atoms with Crippen molar-refractivity contribution in [2.24, 2.45) is 0 Å². The molecule has 0 aromatic heterocycles. The van der Waals surface area contributed by atoms with E-state index in [1.807, 2.05) is 12.1 Å². The second kappa shape index (κ2) is 11.2. The number of benzene rings is 1. The van der Waals surface area contributed by atoms with Gasteiger partial charge >= 0.3 is 0 Å². The summed E-state index contributed by atoms with van der Waals surface area (Å²) in [5.41, 5.74) is 1.21. The first-order valence-electron chi connectivity index (χ1n) is 7.93. The van der Waals surface area contributed by atoms with Gasteiger partial charge in [-0.2, -0.15) is 0 Å². The third kappa shape index (κ3) is 7.19. The lowest BCUT2D eigenvalue weighted by Crippen LogP contribution is -2.14.